The molecule has 0 aromatic carbocycles. The molecule has 1 saturated heterocycles. The lowest BCUT2D eigenvalue weighted by molar-refractivity contribution is 0.0713. The lowest BCUT2D eigenvalue weighted by Gasteiger charge is -2.31. The Morgan fingerprint density at radius 1 is 0.929 bits per heavy atom. The summed E-state index contributed by atoms with van der Waals surface area (Å²) in [4.78, 5) is 0. The predicted molar refractivity (Wildman–Crippen MR) is 52.0 cm³/mol. The summed E-state index contributed by atoms with van der Waals surface area (Å²) in [5.74, 6) is 0. The van der Waals surface area contributed by atoms with Gasteiger partial charge in [0, 0.05) is 6.04 Å². The molecule has 0 aromatic heterocycles. The first-order chi connectivity index (χ1) is 6.77. The van der Waals surface area contributed by atoms with Crippen molar-refractivity contribution in [2.75, 3.05) is 13.2 Å². The van der Waals surface area contributed by atoms with E-state index in [1.54, 1.807) is 0 Å². The van der Waals surface area contributed by atoms with Gasteiger partial charge in [0.05, 0.1) is 31.5 Å². The zero-order chi connectivity index (χ0) is 9.97. The van der Waals surface area contributed by atoms with Crippen LogP contribution in [0.3, 0.4) is 0 Å². The Hall–Kier alpha value is -0.160. The lowest BCUT2D eigenvalue weighted by Crippen LogP contribution is -2.50. The second-order valence-electron chi connectivity index (χ2n) is 4.34. The zero-order valence-electron chi connectivity index (χ0n) is 8.35. The molecule has 0 amide bonds. The summed E-state index contributed by atoms with van der Waals surface area (Å²) >= 11 is 0. The van der Waals surface area contributed by atoms with Crippen molar-refractivity contribution in [3.63, 3.8) is 0 Å². The zero-order valence-corrected chi connectivity index (χ0v) is 8.35. The second kappa shape index (κ2) is 4.57. The highest BCUT2D eigenvalue weighted by Gasteiger charge is 2.31. The molecule has 2 rings (SSSR count). The van der Waals surface area contributed by atoms with Crippen LogP contribution in [0.15, 0.2) is 0 Å². The second-order valence-corrected chi connectivity index (χ2v) is 4.34. The van der Waals surface area contributed by atoms with E-state index in [2.05, 4.69) is 5.32 Å². The molecule has 1 saturated carbocycles. The van der Waals surface area contributed by atoms with Crippen LogP contribution in [-0.2, 0) is 4.74 Å². The largest absolute Gasteiger partial charge is 0.392 e. The Bertz CT molecular complexity index is 188. The van der Waals surface area contributed by atoms with Gasteiger partial charge >= 0.3 is 0 Å². The summed E-state index contributed by atoms with van der Waals surface area (Å²) in [7, 11) is 0. The van der Waals surface area contributed by atoms with Crippen LogP contribution in [0.1, 0.15) is 25.7 Å². The standard InChI is InChI=1S/C10H19NO3/c12-9-4-2-1-3-7(9)11-8-5-14-6-10(8)13/h7-13H,1-6H2/t7-,8?,9-,10?/m1/s1. The molecule has 0 bridgehead atoms. The highest BCUT2D eigenvalue weighted by molar-refractivity contribution is 4.88. The fourth-order valence-electron chi connectivity index (χ4n) is 2.28. The summed E-state index contributed by atoms with van der Waals surface area (Å²) in [6, 6.07) is 0.151. The number of hydrogen-bond donors (Lipinski definition) is 3. The Morgan fingerprint density at radius 2 is 1.71 bits per heavy atom. The number of aliphatic hydroxyl groups excluding tert-OH is 2. The average molecular weight is 201 g/mol. The summed E-state index contributed by atoms with van der Waals surface area (Å²) in [6.07, 6.45) is 3.49. The third-order valence-electron chi connectivity index (χ3n) is 3.21. The van der Waals surface area contributed by atoms with Gasteiger partial charge in [-0.15, -0.1) is 0 Å². The van der Waals surface area contributed by atoms with Crippen LogP contribution in [0.25, 0.3) is 0 Å². The van der Waals surface area contributed by atoms with Gasteiger partial charge in [0.15, 0.2) is 0 Å². The molecule has 1 aliphatic carbocycles. The predicted octanol–water partition coefficient (Wildman–Crippen LogP) is -0.361. The van der Waals surface area contributed by atoms with E-state index >= 15 is 0 Å². The Balaban J connectivity index is 1.83. The molecular formula is C10H19NO3. The molecule has 2 unspecified atom stereocenters. The maximum Gasteiger partial charge on any atom is 0.0948 e. The van der Waals surface area contributed by atoms with Crippen molar-refractivity contribution >= 4 is 0 Å². The first-order valence-corrected chi connectivity index (χ1v) is 5.47. The van der Waals surface area contributed by atoms with Crippen molar-refractivity contribution in [1.29, 1.82) is 0 Å². The van der Waals surface area contributed by atoms with E-state index in [0.717, 1.165) is 19.3 Å². The van der Waals surface area contributed by atoms with Crippen LogP contribution in [-0.4, -0.2) is 47.7 Å². The molecule has 0 spiro atoms. The third-order valence-corrected chi connectivity index (χ3v) is 3.21. The summed E-state index contributed by atoms with van der Waals surface area (Å²) < 4.78 is 5.15. The molecule has 4 heteroatoms. The summed E-state index contributed by atoms with van der Waals surface area (Å²) in [6.45, 7) is 0.977. The quantitative estimate of drug-likeness (QED) is 0.571. The SMILES string of the molecule is OC1COCC1N[C@@H]1CCCC[C@H]1O. The third kappa shape index (κ3) is 2.25. The van der Waals surface area contributed by atoms with E-state index in [1.807, 2.05) is 0 Å². The van der Waals surface area contributed by atoms with Crippen LogP contribution >= 0.6 is 0 Å². The minimum absolute atomic E-state index is 0.00718. The topological polar surface area (TPSA) is 61.7 Å². The first kappa shape index (κ1) is 10.4. The Morgan fingerprint density at radius 3 is 2.36 bits per heavy atom. The number of hydrogen-bond acceptors (Lipinski definition) is 4. The van der Waals surface area contributed by atoms with Gasteiger partial charge in [-0.2, -0.15) is 0 Å². The first-order valence-electron chi connectivity index (χ1n) is 5.47. The summed E-state index contributed by atoms with van der Waals surface area (Å²) in [5.41, 5.74) is 0. The van der Waals surface area contributed by atoms with E-state index in [4.69, 9.17) is 4.74 Å². The molecular weight excluding hydrogens is 182 g/mol. The molecule has 82 valence electrons. The van der Waals surface area contributed by atoms with Crippen LogP contribution in [0.5, 0.6) is 0 Å². The fourth-order valence-corrected chi connectivity index (χ4v) is 2.28. The van der Waals surface area contributed by atoms with Crippen molar-refractivity contribution in [3.8, 4) is 0 Å². The molecule has 0 aromatic rings. The fraction of sp³-hybridized carbons (Fsp3) is 1.00. The molecule has 2 aliphatic rings. The molecule has 4 atom stereocenters. The molecule has 14 heavy (non-hydrogen) atoms. The maximum atomic E-state index is 9.73. The lowest BCUT2D eigenvalue weighted by atomic mass is 9.92. The van der Waals surface area contributed by atoms with Crippen LogP contribution in [0.4, 0.5) is 0 Å². The van der Waals surface area contributed by atoms with Crippen LogP contribution < -0.4 is 5.32 Å². The van der Waals surface area contributed by atoms with Crippen molar-refractivity contribution < 1.29 is 14.9 Å². The summed E-state index contributed by atoms with van der Waals surface area (Å²) in [5, 5.41) is 22.6. The van der Waals surface area contributed by atoms with Gasteiger partial charge in [-0.05, 0) is 12.8 Å². The van der Waals surface area contributed by atoms with E-state index in [1.165, 1.54) is 6.42 Å². The van der Waals surface area contributed by atoms with Gasteiger partial charge in [-0.25, -0.2) is 0 Å². The van der Waals surface area contributed by atoms with E-state index < -0.39 is 6.10 Å². The Labute approximate surface area is 84.3 Å². The van der Waals surface area contributed by atoms with E-state index in [0.29, 0.717) is 13.2 Å². The van der Waals surface area contributed by atoms with Gasteiger partial charge in [0.25, 0.3) is 0 Å². The molecule has 3 N–H and O–H groups in total. The number of nitrogens with one attached hydrogen (secondary N) is 1. The average Bonchev–Trinajstić information content (AvgIpc) is 2.56. The Kier molecular flexibility index (Phi) is 3.38. The van der Waals surface area contributed by atoms with Crippen LogP contribution in [0.2, 0.25) is 0 Å². The van der Waals surface area contributed by atoms with E-state index in [9.17, 15) is 10.2 Å². The number of aliphatic hydroxyl groups is 2. The van der Waals surface area contributed by atoms with Gasteiger partial charge < -0.3 is 20.3 Å². The molecule has 1 aliphatic heterocycles. The van der Waals surface area contributed by atoms with Gasteiger partial charge in [0.2, 0.25) is 0 Å². The maximum absolute atomic E-state index is 9.73. The molecule has 0 radical (unpaired) electrons. The van der Waals surface area contributed by atoms with Crippen molar-refractivity contribution in [2.45, 2.75) is 50.0 Å². The van der Waals surface area contributed by atoms with E-state index in [-0.39, 0.29) is 18.2 Å². The van der Waals surface area contributed by atoms with Gasteiger partial charge in [-0.3, -0.25) is 0 Å². The molecule has 2 fully saturated rings. The number of rotatable bonds is 2. The van der Waals surface area contributed by atoms with Gasteiger partial charge in [0.1, 0.15) is 0 Å². The van der Waals surface area contributed by atoms with Gasteiger partial charge in [-0.1, -0.05) is 12.8 Å². The van der Waals surface area contributed by atoms with Crippen LogP contribution in [0, 0.1) is 0 Å². The smallest absolute Gasteiger partial charge is 0.0948 e. The van der Waals surface area contributed by atoms with Crippen molar-refractivity contribution in [1.82, 2.24) is 5.32 Å². The minimum Gasteiger partial charge on any atom is -0.392 e. The highest BCUT2D eigenvalue weighted by Crippen LogP contribution is 2.20. The van der Waals surface area contributed by atoms with Crippen molar-refractivity contribution in [2.24, 2.45) is 0 Å². The minimum atomic E-state index is -0.413. The van der Waals surface area contributed by atoms with Crippen molar-refractivity contribution in [3.05, 3.63) is 0 Å². The monoisotopic (exact) mass is 201 g/mol. The molecule has 1 heterocycles. The normalized spacial score (nSPS) is 44.1. The number of ether oxygens (including phenoxy) is 1. The molecule has 4 nitrogen and oxygen atoms in total. The highest BCUT2D eigenvalue weighted by atomic mass is 16.5.